The molecule has 9 heteroatoms. The summed E-state index contributed by atoms with van der Waals surface area (Å²) in [5, 5.41) is 3.81. The van der Waals surface area contributed by atoms with Gasteiger partial charge in [0.2, 0.25) is 10.0 Å². The SMILES string of the molecule is Cc1noc(C)c1COC(=O)C1CCCN(S(=O)(=O)c2ccc(F)cc2)C1. The van der Waals surface area contributed by atoms with Crippen molar-refractivity contribution in [1.82, 2.24) is 9.46 Å². The molecule has 0 saturated carbocycles. The Labute approximate surface area is 157 Å². The molecule has 1 unspecified atom stereocenters. The minimum Gasteiger partial charge on any atom is -0.460 e. The highest BCUT2D eigenvalue weighted by Crippen LogP contribution is 2.25. The van der Waals surface area contributed by atoms with Crippen molar-refractivity contribution < 1.29 is 26.9 Å². The fourth-order valence-electron chi connectivity index (χ4n) is 3.08. The van der Waals surface area contributed by atoms with Crippen molar-refractivity contribution in [2.45, 2.75) is 38.2 Å². The van der Waals surface area contributed by atoms with Crippen LogP contribution in [0.5, 0.6) is 0 Å². The molecule has 146 valence electrons. The van der Waals surface area contributed by atoms with E-state index in [4.69, 9.17) is 9.26 Å². The van der Waals surface area contributed by atoms with E-state index < -0.39 is 27.7 Å². The van der Waals surface area contributed by atoms with Crippen LogP contribution >= 0.6 is 0 Å². The molecule has 2 heterocycles. The van der Waals surface area contributed by atoms with Gasteiger partial charge >= 0.3 is 5.97 Å². The van der Waals surface area contributed by atoms with Crippen LogP contribution in [-0.4, -0.2) is 36.9 Å². The molecule has 0 N–H and O–H groups in total. The standard InChI is InChI=1S/C18H21FN2O5S/c1-12-17(13(2)26-20-12)11-25-18(22)14-4-3-9-21(10-14)27(23,24)16-7-5-15(19)6-8-16/h5-8,14H,3-4,9-11H2,1-2H3. The number of hydrogen-bond donors (Lipinski definition) is 0. The van der Waals surface area contributed by atoms with Crippen LogP contribution in [0.15, 0.2) is 33.7 Å². The number of esters is 1. The highest BCUT2D eigenvalue weighted by Gasteiger charge is 2.34. The summed E-state index contributed by atoms with van der Waals surface area (Å²) in [7, 11) is -3.78. The molecule has 0 amide bonds. The summed E-state index contributed by atoms with van der Waals surface area (Å²) in [6.45, 7) is 3.90. The number of ether oxygens (including phenoxy) is 1. The third-order valence-electron chi connectivity index (χ3n) is 4.71. The Bertz CT molecular complexity index is 904. The second-order valence-electron chi connectivity index (χ2n) is 6.57. The topological polar surface area (TPSA) is 89.7 Å². The zero-order valence-electron chi connectivity index (χ0n) is 15.1. The molecule has 0 radical (unpaired) electrons. The first-order chi connectivity index (χ1) is 12.8. The Morgan fingerprint density at radius 1 is 1.33 bits per heavy atom. The zero-order chi connectivity index (χ0) is 19.6. The Morgan fingerprint density at radius 3 is 2.67 bits per heavy atom. The minimum atomic E-state index is -3.78. The molecular weight excluding hydrogens is 375 g/mol. The van der Waals surface area contributed by atoms with Gasteiger partial charge in [-0.25, -0.2) is 12.8 Å². The molecule has 1 saturated heterocycles. The molecule has 0 aliphatic carbocycles. The van der Waals surface area contributed by atoms with Gasteiger partial charge in [0.15, 0.2) is 0 Å². The fourth-order valence-corrected chi connectivity index (χ4v) is 4.60. The van der Waals surface area contributed by atoms with Crippen molar-refractivity contribution in [1.29, 1.82) is 0 Å². The van der Waals surface area contributed by atoms with Crippen LogP contribution < -0.4 is 0 Å². The van der Waals surface area contributed by atoms with Crippen LogP contribution in [0.1, 0.15) is 29.9 Å². The Morgan fingerprint density at radius 2 is 2.04 bits per heavy atom. The monoisotopic (exact) mass is 396 g/mol. The maximum atomic E-state index is 13.1. The van der Waals surface area contributed by atoms with Crippen molar-refractivity contribution in [2.75, 3.05) is 13.1 Å². The highest BCUT2D eigenvalue weighted by molar-refractivity contribution is 7.89. The number of halogens is 1. The van der Waals surface area contributed by atoms with Crippen molar-refractivity contribution in [3.63, 3.8) is 0 Å². The van der Waals surface area contributed by atoms with Gasteiger partial charge in [-0.1, -0.05) is 5.16 Å². The molecule has 0 spiro atoms. The molecule has 2 aromatic rings. The van der Waals surface area contributed by atoms with Crippen LogP contribution in [0.4, 0.5) is 4.39 Å². The molecule has 1 aliphatic rings. The number of hydrogen-bond acceptors (Lipinski definition) is 6. The van der Waals surface area contributed by atoms with E-state index in [2.05, 4.69) is 5.16 Å². The Balaban J connectivity index is 1.66. The van der Waals surface area contributed by atoms with Crippen LogP contribution in [0, 0.1) is 25.6 Å². The van der Waals surface area contributed by atoms with Gasteiger partial charge in [0.25, 0.3) is 0 Å². The maximum Gasteiger partial charge on any atom is 0.310 e. The third-order valence-corrected chi connectivity index (χ3v) is 6.59. The number of nitrogens with zero attached hydrogens (tertiary/aromatic N) is 2. The molecule has 3 rings (SSSR count). The first-order valence-electron chi connectivity index (χ1n) is 8.63. The maximum absolute atomic E-state index is 13.1. The summed E-state index contributed by atoms with van der Waals surface area (Å²) in [4.78, 5) is 12.4. The van der Waals surface area contributed by atoms with Gasteiger partial charge in [-0.05, 0) is 51.0 Å². The van der Waals surface area contributed by atoms with Gasteiger partial charge in [0, 0.05) is 13.1 Å². The second kappa shape index (κ2) is 7.77. The van der Waals surface area contributed by atoms with Gasteiger partial charge in [-0.2, -0.15) is 4.31 Å². The van der Waals surface area contributed by atoms with E-state index in [1.807, 2.05) is 0 Å². The van der Waals surface area contributed by atoms with E-state index in [0.717, 1.165) is 17.7 Å². The first-order valence-corrected chi connectivity index (χ1v) is 10.1. The number of rotatable bonds is 5. The summed E-state index contributed by atoms with van der Waals surface area (Å²) in [5.74, 6) is -0.915. The van der Waals surface area contributed by atoms with Crippen molar-refractivity contribution >= 4 is 16.0 Å². The molecule has 1 aromatic carbocycles. The predicted molar refractivity (Wildman–Crippen MR) is 93.7 cm³/mol. The molecule has 1 atom stereocenters. The quantitative estimate of drug-likeness (QED) is 0.722. The fraction of sp³-hybridized carbons (Fsp3) is 0.444. The van der Waals surface area contributed by atoms with Gasteiger partial charge in [-0.3, -0.25) is 4.79 Å². The summed E-state index contributed by atoms with van der Waals surface area (Å²) in [5.41, 5.74) is 1.37. The highest BCUT2D eigenvalue weighted by atomic mass is 32.2. The van der Waals surface area contributed by atoms with Crippen LogP contribution in [0.3, 0.4) is 0 Å². The number of aromatic nitrogens is 1. The van der Waals surface area contributed by atoms with Crippen molar-refractivity contribution in [3.8, 4) is 0 Å². The molecule has 27 heavy (non-hydrogen) atoms. The van der Waals surface area contributed by atoms with Gasteiger partial charge in [-0.15, -0.1) is 0 Å². The molecular formula is C18H21FN2O5S. The van der Waals surface area contributed by atoms with Crippen LogP contribution in [-0.2, 0) is 26.2 Å². The van der Waals surface area contributed by atoms with Gasteiger partial charge < -0.3 is 9.26 Å². The lowest BCUT2D eigenvalue weighted by molar-refractivity contribution is -0.151. The van der Waals surface area contributed by atoms with E-state index in [9.17, 15) is 17.6 Å². The Hall–Kier alpha value is -2.26. The van der Waals surface area contributed by atoms with Gasteiger partial charge in [0.05, 0.1) is 22.1 Å². The van der Waals surface area contributed by atoms with Crippen molar-refractivity contribution in [2.24, 2.45) is 5.92 Å². The average Bonchev–Trinajstić information content (AvgIpc) is 2.98. The number of sulfonamides is 1. The van der Waals surface area contributed by atoms with E-state index in [1.165, 1.54) is 16.4 Å². The molecule has 1 aliphatic heterocycles. The van der Waals surface area contributed by atoms with Gasteiger partial charge in [0.1, 0.15) is 18.2 Å². The average molecular weight is 396 g/mol. The molecule has 1 fully saturated rings. The second-order valence-corrected chi connectivity index (χ2v) is 8.50. The number of carbonyl (C=O) groups is 1. The third kappa shape index (κ3) is 4.19. The lowest BCUT2D eigenvalue weighted by Crippen LogP contribution is -2.42. The molecule has 0 bridgehead atoms. The number of benzene rings is 1. The lowest BCUT2D eigenvalue weighted by Gasteiger charge is -2.30. The van der Waals surface area contributed by atoms with E-state index in [-0.39, 0.29) is 18.0 Å². The number of carbonyl (C=O) groups excluding carboxylic acids is 1. The largest absolute Gasteiger partial charge is 0.460 e. The Kier molecular flexibility index (Phi) is 5.61. The predicted octanol–water partition coefficient (Wildman–Crippen LogP) is 2.57. The summed E-state index contributed by atoms with van der Waals surface area (Å²) >= 11 is 0. The van der Waals surface area contributed by atoms with E-state index in [0.29, 0.717) is 30.8 Å². The first kappa shape index (κ1) is 19.5. The van der Waals surface area contributed by atoms with Crippen molar-refractivity contribution in [3.05, 3.63) is 47.1 Å². The summed E-state index contributed by atoms with van der Waals surface area (Å²) in [6.07, 6.45) is 1.10. The summed E-state index contributed by atoms with van der Waals surface area (Å²) in [6, 6.07) is 4.66. The van der Waals surface area contributed by atoms with E-state index >= 15 is 0 Å². The lowest BCUT2D eigenvalue weighted by atomic mass is 10.00. The van der Waals surface area contributed by atoms with E-state index in [1.54, 1.807) is 13.8 Å². The molecule has 1 aromatic heterocycles. The van der Waals surface area contributed by atoms with Crippen LogP contribution in [0.25, 0.3) is 0 Å². The summed E-state index contributed by atoms with van der Waals surface area (Å²) < 4.78 is 50.2. The van der Waals surface area contributed by atoms with Crippen LogP contribution in [0.2, 0.25) is 0 Å². The number of piperidine rings is 1. The minimum absolute atomic E-state index is 0.00800. The molecule has 7 nitrogen and oxygen atoms in total. The smallest absolute Gasteiger partial charge is 0.310 e. The number of aryl methyl sites for hydroxylation is 2. The zero-order valence-corrected chi connectivity index (χ0v) is 16.0. The normalized spacial score (nSPS) is 18.4.